The Labute approximate surface area is 181 Å². The second kappa shape index (κ2) is 10.2. The smallest absolute Gasteiger partial charge is 0.162 e. The molecule has 156 valence electrons. The summed E-state index contributed by atoms with van der Waals surface area (Å²) < 4.78 is 28.1. The van der Waals surface area contributed by atoms with Crippen LogP contribution in [0.2, 0.25) is 0 Å². The summed E-state index contributed by atoms with van der Waals surface area (Å²) in [6.45, 7) is 6.57. The Kier molecular flexibility index (Phi) is 7.41. The van der Waals surface area contributed by atoms with E-state index in [1.54, 1.807) is 6.21 Å². The van der Waals surface area contributed by atoms with Gasteiger partial charge in [-0.3, -0.25) is 0 Å². The number of hydrogen-bond acceptors (Lipinski definition) is 3. The third-order valence-electron chi connectivity index (χ3n) is 4.26. The Morgan fingerprint density at radius 2 is 1.33 bits per heavy atom. The maximum Gasteiger partial charge on any atom is 0.162 e. The Morgan fingerprint density at radius 1 is 0.800 bits per heavy atom. The number of hydrogen-bond donors (Lipinski definition) is 0. The SMILES string of the molecule is CC(C)(C)S(=O)N=Cc1ccc(OCc2ccccc2)c(OCc2ccccc2)c1. The van der Waals surface area contributed by atoms with E-state index in [9.17, 15) is 4.21 Å². The molecule has 0 aliphatic heterocycles. The zero-order valence-electron chi connectivity index (χ0n) is 17.6. The molecule has 0 aliphatic rings. The van der Waals surface area contributed by atoms with Crippen molar-refractivity contribution in [3.8, 4) is 11.5 Å². The third-order valence-corrected chi connectivity index (χ3v) is 5.61. The normalized spacial score (nSPS) is 12.6. The van der Waals surface area contributed by atoms with E-state index in [2.05, 4.69) is 4.40 Å². The van der Waals surface area contributed by atoms with Crippen LogP contribution >= 0.6 is 0 Å². The second-order valence-corrected chi connectivity index (χ2v) is 9.78. The van der Waals surface area contributed by atoms with Crippen molar-refractivity contribution in [2.24, 2.45) is 4.40 Å². The van der Waals surface area contributed by atoms with Crippen LogP contribution in [0, 0.1) is 0 Å². The largest absolute Gasteiger partial charge is 0.485 e. The average Bonchev–Trinajstić information content (AvgIpc) is 2.76. The molecule has 0 bridgehead atoms. The topological polar surface area (TPSA) is 47.9 Å². The lowest BCUT2D eigenvalue weighted by atomic mass is 10.2. The molecular weight excluding hydrogens is 394 g/mol. The van der Waals surface area contributed by atoms with Crippen LogP contribution in [-0.2, 0) is 24.2 Å². The molecule has 5 heteroatoms. The monoisotopic (exact) mass is 421 g/mol. The maximum atomic E-state index is 12.2. The van der Waals surface area contributed by atoms with Gasteiger partial charge in [-0.15, -0.1) is 0 Å². The van der Waals surface area contributed by atoms with Crippen LogP contribution in [0.4, 0.5) is 0 Å². The Hall–Kier alpha value is -2.92. The number of rotatable bonds is 8. The molecule has 3 rings (SSSR count). The van der Waals surface area contributed by atoms with E-state index < -0.39 is 15.7 Å². The van der Waals surface area contributed by atoms with Gasteiger partial charge in [-0.1, -0.05) is 60.7 Å². The van der Waals surface area contributed by atoms with Crippen LogP contribution in [0.15, 0.2) is 83.3 Å². The summed E-state index contributed by atoms with van der Waals surface area (Å²) >= 11 is 0. The predicted molar refractivity (Wildman–Crippen MR) is 123 cm³/mol. The van der Waals surface area contributed by atoms with Crippen LogP contribution in [0.1, 0.15) is 37.5 Å². The molecular formula is C25H27NO3S. The van der Waals surface area contributed by atoms with Gasteiger partial charge in [-0.2, -0.15) is 4.40 Å². The number of ether oxygens (including phenoxy) is 2. The number of nitrogens with zero attached hydrogens (tertiary/aromatic N) is 1. The molecule has 0 N–H and O–H groups in total. The molecule has 0 aliphatic carbocycles. The van der Waals surface area contributed by atoms with Crippen molar-refractivity contribution in [1.29, 1.82) is 0 Å². The predicted octanol–water partition coefficient (Wildman–Crippen LogP) is 5.73. The molecule has 1 unspecified atom stereocenters. The van der Waals surface area contributed by atoms with E-state index in [0.29, 0.717) is 24.7 Å². The first-order valence-electron chi connectivity index (χ1n) is 9.85. The third kappa shape index (κ3) is 6.56. The fraction of sp³-hybridized carbons (Fsp3) is 0.240. The van der Waals surface area contributed by atoms with E-state index in [1.807, 2.05) is 99.6 Å². The zero-order chi connectivity index (χ0) is 21.4. The first-order valence-corrected chi connectivity index (χ1v) is 11.0. The summed E-state index contributed by atoms with van der Waals surface area (Å²) in [5, 5.41) is 0. The molecule has 30 heavy (non-hydrogen) atoms. The molecule has 0 amide bonds. The summed E-state index contributed by atoms with van der Waals surface area (Å²) in [5.74, 6) is 1.28. The van der Waals surface area contributed by atoms with Crippen molar-refractivity contribution in [2.75, 3.05) is 0 Å². The lowest BCUT2D eigenvalue weighted by molar-refractivity contribution is 0.256. The summed E-state index contributed by atoms with van der Waals surface area (Å²) in [5.41, 5.74) is 2.96. The van der Waals surface area contributed by atoms with Crippen molar-refractivity contribution in [3.63, 3.8) is 0 Å². The van der Waals surface area contributed by atoms with Gasteiger partial charge in [0.15, 0.2) is 11.5 Å². The van der Waals surface area contributed by atoms with Crippen molar-refractivity contribution in [3.05, 3.63) is 95.6 Å². The minimum atomic E-state index is -1.31. The minimum absolute atomic E-state index is 0.401. The highest BCUT2D eigenvalue weighted by Crippen LogP contribution is 2.30. The van der Waals surface area contributed by atoms with Crippen LogP contribution in [0.5, 0.6) is 11.5 Å². The standard InChI is InChI=1S/C25H27NO3S/c1-25(2,3)30(27)26-17-22-14-15-23(28-18-20-10-6-4-7-11-20)24(16-22)29-19-21-12-8-5-9-13-21/h4-17H,18-19H2,1-3H3. The lowest BCUT2D eigenvalue weighted by Crippen LogP contribution is -2.19. The van der Waals surface area contributed by atoms with Gasteiger partial charge < -0.3 is 9.47 Å². The van der Waals surface area contributed by atoms with Gasteiger partial charge in [0.1, 0.15) is 24.2 Å². The molecule has 4 nitrogen and oxygen atoms in total. The highest BCUT2D eigenvalue weighted by Gasteiger charge is 2.18. The Bertz CT molecular complexity index is 996. The molecule has 0 saturated carbocycles. The summed E-state index contributed by atoms with van der Waals surface area (Å²) in [6, 6.07) is 25.6. The van der Waals surface area contributed by atoms with E-state index in [1.165, 1.54) is 0 Å². The second-order valence-electron chi connectivity index (χ2n) is 7.85. The van der Waals surface area contributed by atoms with Crippen LogP contribution in [-0.4, -0.2) is 15.2 Å². The van der Waals surface area contributed by atoms with E-state index >= 15 is 0 Å². The van der Waals surface area contributed by atoms with E-state index in [4.69, 9.17) is 9.47 Å². The fourth-order valence-electron chi connectivity index (χ4n) is 2.57. The van der Waals surface area contributed by atoms with Crippen LogP contribution in [0.25, 0.3) is 0 Å². The van der Waals surface area contributed by atoms with Gasteiger partial charge in [0.25, 0.3) is 0 Å². The summed E-state index contributed by atoms with van der Waals surface area (Å²) in [6.07, 6.45) is 1.62. The van der Waals surface area contributed by atoms with Crippen molar-refractivity contribution < 1.29 is 13.7 Å². The molecule has 3 aromatic rings. The highest BCUT2D eigenvalue weighted by molar-refractivity contribution is 7.85. The van der Waals surface area contributed by atoms with Gasteiger partial charge >= 0.3 is 0 Å². The lowest BCUT2D eigenvalue weighted by Gasteiger charge is -2.14. The van der Waals surface area contributed by atoms with Crippen molar-refractivity contribution >= 4 is 17.2 Å². The first-order chi connectivity index (χ1) is 14.4. The summed E-state index contributed by atoms with van der Waals surface area (Å²) in [4.78, 5) is 0. The maximum absolute atomic E-state index is 12.2. The van der Waals surface area contributed by atoms with Gasteiger partial charge in [0, 0.05) is 6.21 Å². The molecule has 1 atom stereocenters. The van der Waals surface area contributed by atoms with E-state index in [-0.39, 0.29) is 0 Å². The van der Waals surface area contributed by atoms with Crippen molar-refractivity contribution in [2.45, 2.75) is 38.7 Å². The van der Waals surface area contributed by atoms with Gasteiger partial charge in [0.05, 0.1) is 4.75 Å². The molecule has 0 radical (unpaired) electrons. The molecule has 0 fully saturated rings. The number of benzene rings is 3. The van der Waals surface area contributed by atoms with Gasteiger partial charge in [-0.25, -0.2) is 4.21 Å². The molecule has 0 heterocycles. The fourth-order valence-corrected chi connectivity index (χ4v) is 3.11. The van der Waals surface area contributed by atoms with Crippen LogP contribution < -0.4 is 9.47 Å². The Balaban J connectivity index is 1.79. The van der Waals surface area contributed by atoms with Gasteiger partial charge in [0.2, 0.25) is 0 Å². The molecule has 0 aromatic heterocycles. The zero-order valence-corrected chi connectivity index (χ0v) is 18.4. The molecule has 0 spiro atoms. The van der Waals surface area contributed by atoms with Crippen LogP contribution in [0.3, 0.4) is 0 Å². The van der Waals surface area contributed by atoms with Gasteiger partial charge in [-0.05, 0) is 55.7 Å². The minimum Gasteiger partial charge on any atom is -0.485 e. The van der Waals surface area contributed by atoms with E-state index in [0.717, 1.165) is 16.7 Å². The first kappa shape index (κ1) is 21.8. The molecule has 3 aromatic carbocycles. The Morgan fingerprint density at radius 3 is 1.87 bits per heavy atom. The van der Waals surface area contributed by atoms with Crippen molar-refractivity contribution in [1.82, 2.24) is 0 Å². The average molecular weight is 422 g/mol. The summed E-state index contributed by atoms with van der Waals surface area (Å²) in [7, 11) is -1.31. The molecule has 0 saturated heterocycles. The highest BCUT2D eigenvalue weighted by atomic mass is 32.2. The quantitative estimate of drug-likeness (QED) is 0.437.